The van der Waals surface area contributed by atoms with Gasteiger partial charge in [0.25, 0.3) is 0 Å². The van der Waals surface area contributed by atoms with Crippen LogP contribution in [0.25, 0.3) is 0 Å². The summed E-state index contributed by atoms with van der Waals surface area (Å²) in [6.45, 7) is 5.17. The van der Waals surface area contributed by atoms with E-state index in [0.717, 1.165) is 12.5 Å². The predicted molar refractivity (Wildman–Crippen MR) is 60.8 cm³/mol. The lowest BCUT2D eigenvalue weighted by molar-refractivity contribution is 0.0563. The molecule has 3 unspecified atom stereocenters. The Bertz CT molecular complexity index is 159. The molecule has 0 N–H and O–H groups in total. The van der Waals surface area contributed by atoms with Gasteiger partial charge < -0.3 is 4.74 Å². The first-order chi connectivity index (χ1) is 7.36. The van der Waals surface area contributed by atoms with Crippen LogP contribution in [-0.4, -0.2) is 43.9 Å². The largest absolute Gasteiger partial charge is 0.383 e. The lowest BCUT2D eigenvalue weighted by Gasteiger charge is -2.34. The van der Waals surface area contributed by atoms with Crippen molar-refractivity contribution in [2.75, 3.05) is 26.9 Å². The van der Waals surface area contributed by atoms with E-state index in [4.69, 9.17) is 4.74 Å². The van der Waals surface area contributed by atoms with E-state index < -0.39 is 0 Å². The number of fused-ring (bicyclic) bond motifs is 2. The maximum Gasteiger partial charge on any atom is 0.102 e. The zero-order chi connectivity index (χ0) is 11.3. The first kappa shape index (κ1) is 12.9. The fourth-order valence-electron chi connectivity index (χ4n) is 3.03. The molecule has 1 heterocycles. The van der Waals surface area contributed by atoms with Crippen LogP contribution < -0.4 is 0 Å². The van der Waals surface area contributed by atoms with Crippen LogP contribution in [0, 0.1) is 5.92 Å². The quantitative estimate of drug-likeness (QED) is 0.717. The Balaban J connectivity index is 0.000000531. The van der Waals surface area contributed by atoms with Crippen molar-refractivity contribution in [2.24, 2.45) is 5.92 Å². The molecule has 1 aliphatic heterocycles. The van der Waals surface area contributed by atoms with Gasteiger partial charge in [-0.15, -0.1) is 0 Å². The number of hydrogen-bond donors (Lipinski definition) is 0. The van der Waals surface area contributed by atoms with Crippen LogP contribution in [0.5, 0.6) is 0 Å². The Morgan fingerprint density at radius 3 is 2.67 bits per heavy atom. The highest BCUT2D eigenvalue weighted by molar-refractivity contribution is 4.99. The van der Waals surface area contributed by atoms with Crippen molar-refractivity contribution < 1.29 is 9.13 Å². The van der Waals surface area contributed by atoms with Gasteiger partial charge in [0.05, 0.1) is 6.61 Å². The third kappa shape index (κ3) is 2.70. The van der Waals surface area contributed by atoms with Crippen molar-refractivity contribution in [1.29, 1.82) is 0 Å². The summed E-state index contributed by atoms with van der Waals surface area (Å²) in [6.07, 6.45) is 3.86. The summed E-state index contributed by atoms with van der Waals surface area (Å²) >= 11 is 0. The second kappa shape index (κ2) is 6.44. The number of nitrogens with zero attached hydrogens (tertiary/aromatic N) is 1. The van der Waals surface area contributed by atoms with Gasteiger partial charge in [0.15, 0.2) is 0 Å². The normalized spacial score (nSPS) is 34.0. The third-order valence-electron chi connectivity index (χ3n) is 3.56. The minimum Gasteiger partial charge on any atom is -0.383 e. The van der Waals surface area contributed by atoms with Crippen LogP contribution in [0.2, 0.25) is 0 Å². The maximum absolute atomic E-state index is 12.3. The lowest BCUT2D eigenvalue weighted by atomic mass is 9.99. The lowest BCUT2D eigenvalue weighted by Crippen LogP contribution is -2.44. The molecule has 1 aliphatic carbocycles. The molecule has 0 spiro atoms. The number of halogens is 1. The molecule has 0 radical (unpaired) electrons. The van der Waals surface area contributed by atoms with Crippen LogP contribution in [0.1, 0.15) is 33.1 Å². The smallest absolute Gasteiger partial charge is 0.102 e. The second-order valence-electron chi connectivity index (χ2n) is 4.18. The third-order valence-corrected chi connectivity index (χ3v) is 3.56. The van der Waals surface area contributed by atoms with Gasteiger partial charge in [0.2, 0.25) is 0 Å². The highest BCUT2D eigenvalue weighted by Gasteiger charge is 2.45. The van der Waals surface area contributed by atoms with Crippen molar-refractivity contribution in [2.45, 2.75) is 45.2 Å². The molecule has 2 rings (SSSR count). The molecule has 3 heteroatoms. The molecule has 15 heavy (non-hydrogen) atoms. The monoisotopic (exact) mass is 217 g/mol. The van der Waals surface area contributed by atoms with Crippen molar-refractivity contribution in [1.82, 2.24) is 4.90 Å². The Kier molecular flexibility index (Phi) is 5.54. The topological polar surface area (TPSA) is 12.5 Å². The number of hydrogen-bond acceptors (Lipinski definition) is 2. The molecule has 0 aromatic heterocycles. The van der Waals surface area contributed by atoms with Crippen molar-refractivity contribution >= 4 is 0 Å². The molecule has 1 saturated carbocycles. The predicted octanol–water partition coefficient (Wildman–Crippen LogP) is 2.48. The molecule has 3 atom stereocenters. The summed E-state index contributed by atoms with van der Waals surface area (Å²) in [6, 6.07) is 1.15. The molecule has 2 bridgehead atoms. The van der Waals surface area contributed by atoms with Gasteiger partial charge in [0.1, 0.15) is 6.67 Å². The van der Waals surface area contributed by atoms with E-state index >= 15 is 0 Å². The second-order valence-corrected chi connectivity index (χ2v) is 4.18. The Morgan fingerprint density at radius 2 is 2.07 bits per heavy atom. The SMILES string of the molecule is CC.COCC1C2CCC(C2)N1CCF. The fraction of sp³-hybridized carbons (Fsp3) is 1.00. The first-order valence-electron chi connectivity index (χ1n) is 6.17. The van der Waals surface area contributed by atoms with Crippen LogP contribution >= 0.6 is 0 Å². The first-order valence-corrected chi connectivity index (χ1v) is 6.17. The van der Waals surface area contributed by atoms with Crippen LogP contribution in [0.4, 0.5) is 4.39 Å². The van der Waals surface area contributed by atoms with Crippen molar-refractivity contribution in [3.8, 4) is 0 Å². The molecule has 0 aromatic carbocycles. The molecule has 0 amide bonds. The summed E-state index contributed by atoms with van der Waals surface area (Å²) in [5.41, 5.74) is 0. The molecule has 2 aliphatic rings. The number of alkyl halides is 1. The molecular weight excluding hydrogens is 193 g/mol. The van der Waals surface area contributed by atoms with Crippen molar-refractivity contribution in [3.63, 3.8) is 0 Å². The van der Waals surface area contributed by atoms with Crippen LogP contribution in [0.3, 0.4) is 0 Å². The Hall–Kier alpha value is -0.150. The standard InChI is InChI=1S/C10H18FNO.C2H6/c1-13-7-10-8-2-3-9(6-8)12(10)5-4-11;1-2/h8-10H,2-7H2,1H3;1-2H3. The van der Waals surface area contributed by atoms with Gasteiger partial charge in [-0.2, -0.15) is 0 Å². The van der Waals surface area contributed by atoms with E-state index in [9.17, 15) is 4.39 Å². The summed E-state index contributed by atoms with van der Waals surface area (Å²) < 4.78 is 17.5. The molecule has 2 nitrogen and oxygen atoms in total. The summed E-state index contributed by atoms with van der Waals surface area (Å²) in [5.74, 6) is 0.775. The van der Waals surface area contributed by atoms with Gasteiger partial charge >= 0.3 is 0 Å². The Morgan fingerprint density at radius 1 is 1.33 bits per heavy atom. The average Bonchev–Trinajstić information content (AvgIpc) is 2.85. The van der Waals surface area contributed by atoms with E-state index in [-0.39, 0.29) is 6.67 Å². The summed E-state index contributed by atoms with van der Waals surface area (Å²) in [4.78, 5) is 2.32. The van der Waals surface area contributed by atoms with Gasteiger partial charge in [-0.1, -0.05) is 13.8 Å². The zero-order valence-corrected chi connectivity index (χ0v) is 10.2. The Labute approximate surface area is 92.8 Å². The number of rotatable bonds is 4. The maximum atomic E-state index is 12.3. The number of ether oxygens (including phenoxy) is 1. The number of methoxy groups -OCH3 is 1. The molecule has 90 valence electrons. The van der Waals surface area contributed by atoms with E-state index in [1.54, 1.807) is 7.11 Å². The number of likely N-dealkylation sites (tertiary alicyclic amines) is 1. The molecule has 2 fully saturated rings. The fourth-order valence-corrected chi connectivity index (χ4v) is 3.03. The van der Waals surface area contributed by atoms with E-state index in [2.05, 4.69) is 4.90 Å². The molecule has 0 aromatic rings. The molecular formula is C12H24FNO. The minimum atomic E-state index is -0.219. The summed E-state index contributed by atoms with van der Waals surface area (Å²) in [7, 11) is 1.74. The van der Waals surface area contributed by atoms with E-state index in [1.165, 1.54) is 19.3 Å². The van der Waals surface area contributed by atoms with Crippen LogP contribution in [-0.2, 0) is 4.74 Å². The number of piperidine rings is 1. The average molecular weight is 217 g/mol. The van der Waals surface area contributed by atoms with E-state index in [1.807, 2.05) is 13.8 Å². The zero-order valence-electron chi connectivity index (χ0n) is 10.2. The van der Waals surface area contributed by atoms with Gasteiger partial charge in [0, 0.05) is 25.7 Å². The van der Waals surface area contributed by atoms with Gasteiger partial charge in [-0.05, 0) is 25.2 Å². The highest BCUT2D eigenvalue weighted by atomic mass is 19.1. The van der Waals surface area contributed by atoms with Crippen molar-refractivity contribution in [3.05, 3.63) is 0 Å². The van der Waals surface area contributed by atoms with Gasteiger partial charge in [-0.25, -0.2) is 4.39 Å². The molecule has 1 saturated heterocycles. The van der Waals surface area contributed by atoms with Gasteiger partial charge in [-0.3, -0.25) is 4.90 Å². The summed E-state index contributed by atoms with van der Waals surface area (Å²) in [5, 5.41) is 0. The van der Waals surface area contributed by atoms with Crippen LogP contribution in [0.15, 0.2) is 0 Å². The van der Waals surface area contributed by atoms with E-state index in [0.29, 0.717) is 18.6 Å². The highest BCUT2D eigenvalue weighted by Crippen LogP contribution is 2.42. The minimum absolute atomic E-state index is 0.219.